The van der Waals surface area contributed by atoms with E-state index in [4.69, 9.17) is 4.74 Å². The smallest absolute Gasteiger partial charge is 0.229 e. The maximum atomic E-state index is 13.7. The van der Waals surface area contributed by atoms with Crippen LogP contribution in [0, 0.1) is 11.6 Å². The van der Waals surface area contributed by atoms with E-state index in [9.17, 15) is 8.78 Å². The van der Waals surface area contributed by atoms with Crippen LogP contribution in [0.15, 0.2) is 54.7 Å². The molecule has 0 saturated carbocycles. The van der Waals surface area contributed by atoms with Crippen molar-refractivity contribution in [3.05, 3.63) is 71.9 Å². The predicted molar refractivity (Wildman–Crippen MR) is 96.9 cm³/mol. The lowest BCUT2D eigenvalue weighted by Crippen LogP contribution is -2.09. The van der Waals surface area contributed by atoms with Gasteiger partial charge in [-0.15, -0.1) is 0 Å². The molecule has 2 N–H and O–H groups in total. The quantitative estimate of drug-likeness (QED) is 0.666. The first-order chi connectivity index (χ1) is 12.7. The number of hydrogen-bond acceptors (Lipinski definition) is 5. The van der Waals surface area contributed by atoms with Gasteiger partial charge in [0.1, 0.15) is 28.9 Å². The molecule has 0 bridgehead atoms. The Balaban J connectivity index is 1.64. The van der Waals surface area contributed by atoms with Gasteiger partial charge in [0.2, 0.25) is 5.95 Å². The van der Waals surface area contributed by atoms with Crippen molar-refractivity contribution in [2.24, 2.45) is 0 Å². The van der Waals surface area contributed by atoms with Crippen molar-refractivity contribution in [3.63, 3.8) is 0 Å². The van der Waals surface area contributed by atoms with Crippen molar-refractivity contribution in [2.45, 2.75) is 6.42 Å². The van der Waals surface area contributed by atoms with Crippen LogP contribution >= 0.6 is 0 Å². The summed E-state index contributed by atoms with van der Waals surface area (Å²) in [6.45, 7) is 0.616. The molecule has 134 valence electrons. The first-order valence-corrected chi connectivity index (χ1v) is 8.07. The van der Waals surface area contributed by atoms with E-state index in [-0.39, 0.29) is 11.6 Å². The Morgan fingerprint density at radius 2 is 1.77 bits per heavy atom. The maximum absolute atomic E-state index is 13.7. The summed E-state index contributed by atoms with van der Waals surface area (Å²) >= 11 is 0. The number of aromatic nitrogens is 2. The number of halogens is 2. The molecule has 0 fully saturated rings. The number of methoxy groups -OCH3 is 1. The molecular formula is C19H18F2N4O. The lowest BCUT2D eigenvalue weighted by molar-refractivity contribution is 0.410. The van der Waals surface area contributed by atoms with Crippen LogP contribution in [-0.2, 0) is 6.42 Å². The number of para-hydroxylation sites is 2. The number of hydrogen-bond donors (Lipinski definition) is 2. The lowest BCUT2D eigenvalue weighted by atomic mass is 10.1. The number of ether oxygens (including phenoxy) is 1. The van der Waals surface area contributed by atoms with Gasteiger partial charge in [-0.25, -0.2) is 13.8 Å². The molecule has 0 saturated heterocycles. The van der Waals surface area contributed by atoms with Gasteiger partial charge in [-0.1, -0.05) is 24.3 Å². The van der Waals surface area contributed by atoms with Gasteiger partial charge < -0.3 is 15.4 Å². The summed E-state index contributed by atoms with van der Waals surface area (Å²) in [4.78, 5) is 8.22. The van der Waals surface area contributed by atoms with E-state index in [0.717, 1.165) is 17.7 Å². The molecule has 0 unspecified atom stereocenters. The normalized spacial score (nSPS) is 10.4. The van der Waals surface area contributed by atoms with Crippen LogP contribution in [0.1, 0.15) is 5.56 Å². The second-order valence-electron chi connectivity index (χ2n) is 5.48. The Bertz CT molecular complexity index is 869. The van der Waals surface area contributed by atoms with Crippen LogP contribution in [0.2, 0.25) is 0 Å². The minimum absolute atomic E-state index is 0.108. The topological polar surface area (TPSA) is 59.1 Å². The van der Waals surface area contributed by atoms with Crippen LogP contribution in [0.4, 0.5) is 26.2 Å². The van der Waals surface area contributed by atoms with Crippen molar-refractivity contribution < 1.29 is 13.5 Å². The Morgan fingerprint density at radius 1 is 1.00 bits per heavy atom. The van der Waals surface area contributed by atoms with Crippen molar-refractivity contribution in [1.29, 1.82) is 0 Å². The third-order valence-electron chi connectivity index (χ3n) is 3.75. The molecule has 3 rings (SSSR count). The molecule has 0 spiro atoms. The average Bonchev–Trinajstić information content (AvgIpc) is 2.66. The van der Waals surface area contributed by atoms with Gasteiger partial charge in [-0.2, -0.15) is 4.98 Å². The maximum Gasteiger partial charge on any atom is 0.229 e. The van der Waals surface area contributed by atoms with Crippen LogP contribution in [0.5, 0.6) is 5.75 Å². The van der Waals surface area contributed by atoms with E-state index in [2.05, 4.69) is 20.6 Å². The van der Waals surface area contributed by atoms with E-state index in [1.807, 2.05) is 24.3 Å². The molecular weight excluding hydrogens is 338 g/mol. The Hall–Kier alpha value is -3.22. The van der Waals surface area contributed by atoms with Crippen LogP contribution < -0.4 is 15.4 Å². The first kappa shape index (κ1) is 17.6. The van der Waals surface area contributed by atoms with Crippen molar-refractivity contribution in [2.75, 3.05) is 24.3 Å². The van der Waals surface area contributed by atoms with E-state index in [1.165, 1.54) is 24.4 Å². The second kappa shape index (κ2) is 8.24. The van der Waals surface area contributed by atoms with E-state index >= 15 is 0 Å². The molecule has 7 heteroatoms. The van der Waals surface area contributed by atoms with E-state index < -0.39 is 11.6 Å². The molecule has 26 heavy (non-hydrogen) atoms. The highest BCUT2D eigenvalue weighted by molar-refractivity contribution is 5.56. The van der Waals surface area contributed by atoms with Gasteiger partial charge in [-0.3, -0.25) is 0 Å². The van der Waals surface area contributed by atoms with E-state index in [0.29, 0.717) is 12.4 Å². The molecule has 1 heterocycles. The van der Waals surface area contributed by atoms with Crippen molar-refractivity contribution in [3.8, 4) is 5.75 Å². The minimum atomic E-state index is -0.705. The first-order valence-electron chi connectivity index (χ1n) is 8.07. The third-order valence-corrected chi connectivity index (χ3v) is 3.75. The van der Waals surface area contributed by atoms with Gasteiger partial charge in [0, 0.05) is 12.7 Å². The molecule has 2 aromatic carbocycles. The van der Waals surface area contributed by atoms with Crippen LogP contribution in [-0.4, -0.2) is 23.6 Å². The minimum Gasteiger partial charge on any atom is -0.496 e. The molecule has 0 amide bonds. The fourth-order valence-corrected chi connectivity index (χ4v) is 2.48. The summed E-state index contributed by atoms with van der Waals surface area (Å²) < 4.78 is 32.7. The zero-order chi connectivity index (χ0) is 18.4. The summed E-state index contributed by atoms with van der Waals surface area (Å²) in [6.07, 6.45) is 2.25. The standard InChI is InChI=1S/C19H18F2N4O/c1-26-16-8-3-2-5-13(16)9-11-22-17-10-12-23-19(24-17)25-18-14(20)6-4-7-15(18)21/h2-8,10,12H,9,11H2,1H3,(H2,22,23,24,25). The average molecular weight is 356 g/mol. The molecule has 5 nitrogen and oxygen atoms in total. The molecule has 0 aliphatic heterocycles. The Morgan fingerprint density at radius 3 is 2.54 bits per heavy atom. The molecule has 0 aliphatic rings. The number of rotatable bonds is 7. The number of nitrogens with zero attached hydrogens (tertiary/aromatic N) is 2. The number of anilines is 3. The highest BCUT2D eigenvalue weighted by Gasteiger charge is 2.10. The van der Waals surface area contributed by atoms with Gasteiger partial charge in [-0.05, 0) is 36.2 Å². The van der Waals surface area contributed by atoms with Crippen molar-refractivity contribution in [1.82, 2.24) is 9.97 Å². The van der Waals surface area contributed by atoms with Gasteiger partial charge >= 0.3 is 0 Å². The fourth-order valence-electron chi connectivity index (χ4n) is 2.48. The zero-order valence-electron chi connectivity index (χ0n) is 14.2. The summed E-state index contributed by atoms with van der Waals surface area (Å²) in [5, 5.41) is 5.74. The SMILES string of the molecule is COc1ccccc1CCNc1ccnc(Nc2c(F)cccc2F)n1. The van der Waals surface area contributed by atoms with E-state index in [1.54, 1.807) is 13.2 Å². The van der Waals surface area contributed by atoms with Gasteiger partial charge in [0.05, 0.1) is 7.11 Å². The highest BCUT2D eigenvalue weighted by Crippen LogP contribution is 2.22. The van der Waals surface area contributed by atoms with Crippen LogP contribution in [0.3, 0.4) is 0 Å². The predicted octanol–water partition coefficient (Wildman–Crippen LogP) is 4.16. The van der Waals surface area contributed by atoms with Gasteiger partial charge in [0.25, 0.3) is 0 Å². The highest BCUT2D eigenvalue weighted by atomic mass is 19.1. The van der Waals surface area contributed by atoms with Crippen molar-refractivity contribution >= 4 is 17.5 Å². The number of benzene rings is 2. The summed E-state index contributed by atoms with van der Waals surface area (Å²) in [7, 11) is 1.64. The third kappa shape index (κ3) is 4.24. The lowest BCUT2D eigenvalue weighted by Gasteiger charge is -2.11. The zero-order valence-corrected chi connectivity index (χ0v) is 14.2. The monoisotopic (exact) mass is 356 g/mol. The molecule has 0 aliphatic carbocycles. The largest absolute Gasteiger partial charge is 0.496 e. The molecule has 0 atom stereocenters. The Kier molecular flexibility index (Phi) is 5.58. The second-order valence-corrected chi connectivity index (χ2v) is 5.48. The summed E-state index contributed by atoms with van der Waals surface area (Å²) in [5.41, 5.74) is 0.794. The summed E-state index contributed by atoms with van der Waals surface area (Å²) in [6, 6.07) is 13.1. The van der Waals surface area contributed by atoms with Crippen LogP contribution in [0.25, 0.3) is 0 Å². The molecule has 3 aromatic rings. The fraction of sp³-hybridized carbons (Fsp3) is 0.158. The van der Waals surface area contributed by atoms with Gasteiger partial charge in [0.15, 0.2) is 0 Å². The number of nitrogens with one attached hydrogen (secondary N) is 2. The molecule has 1 aromatic heterocycles. The Labute approximate surface area is 150 Å². The molecule has 0 radical (unpaired) electrons. The summed E-state index contributed by atoms with van der Waals surface area (Å²) in [5.74, 6) is 0.0751.